The summed E-state index contributed by atoms with van der Waals surface area (Å²) >= 11 is 31.3. The molecule has 11 heteroatoms. The maximum absolute atomic E-state index is 13.0. The van der Waals surface area contributed by atoms with Crippen LogP contribution in [0.15, 0.2) is 60.7 Å². The SMILES string of the molecule is CC(=O)N(C)c1ccc(NC(=O)c2cc(NC(=O)[C@H]3[C@H](c4cc(Cl)cc(Cl)c4)C3(Cl)Cl)ccc2Cl)cc1. The normalized spacial score (nSPS) is 17.6. The lowest BCUT2D eigenvalue weighted by atomic mass is 10.1. The van der Waals surface area contributed by atoms with Crippen LogP contribution in [0.25, 0.3) is 0 Å². The van der Waals surface area contributed by atoms with Crippen LogP contribution in [0.4, 0.5) is 17.1 Å². The van der Waals surface area contributed by atoms with Crippen molar-refractivity contribution < 1.29 is 14.4 Å². The molecule has 192 valence electrons. The Morgan fingerprint density at radius 2 is 1.43 bits per heavy atom. The summed E-state index contributed by atoms with van der Waals surface area (Å²) in [6.07, 6.45) is 0. The molecule has 1 saturated carbocycles. The van der Waals surface area contributed by atoms with E-state index in [4.69, 9.17) is 58.0 Å². The highest BCUT2D eigenvalue weighted by Gasteiger charge is 2.67. The second-order valence-corrected chi connectivity index (χ2v) is 11.3. The standard InChI is InChI=1S/C26H20Cl5N3O3/c1-13(35)34(2)19-6-3-17(4-7-19)32-24(36)20-12-18(5-8-21(20)29)33-25(37)23-22(26(23,30)31)14-9-15(27)11-16(28)10-14/h3-12,22-23H,1-2H3,(H,32,36)(H,33,37)/t22-,23+/m0/s1. The molecule has 3 aromatic rings. The van der Waals surface area contributed by atoms with E-state index in [0.717, 1.165) is 0 Å². The van der Waals surface area contributed by atoms with Gasteiger partial charge in [0.2, 0.25) is 11.8 Å². The highest BCUT2D eigenvalue weighted by atomic mass is 35.5. The van der Waals surface area contributed by atoms with Crippen molar-refractivity contribution in [3.63, 3.8) is 0 Å². The molecule has 0 spiro atoms. The van der Waals surface area contributed by atoms with Crippen LogP contribution >= 0.6 is 58.0 Å². The van der Waals surface area contributed by atoms with E-state index in [2.05, 4.69) is 10.6 Å². The van der Waals surface area contributed by atoms with Gasteiger partial charge in [-0.15, -0.1) is 23.2 Å². The Morgan fingerprint density at radius 3 is 2.03 bits per heavy atom. The van der Waals surface area contributed by atoms with Gasteiger partial charge >= 0.3 is 0 Å². The minimum absolute atomic E-state index is 0.114. The number of halogens is 5. The molecular formula is C26H20Cl5N3O3. The second-order valence-electron chi connectivity index (χ2n) is 8.60. The molecule has 37 heavy (non-hydrogen) atoms. The fourth-order valence-electron chi connectivity index (χ4n) is 3.97. The molecule has 1 aliphatic rings. The third kappa shape index (κ3) is 6.00. The first-order chi connectivity index (χ1) is 17.4. The third-order valence-corrected chi connectivity index (χ3v) is 7.75. The summed E-state index contributed by atoms with van der Waals surface area (Å²) in [6, 6.07) is 16.2. The number of nitrogens with zero attached hydrogens (tertiary/aromatic N) is 1. The first-order valence-corrected chi connectivity index (χ1v) is 12.9. The highest BCUT2D eigenvalue weighted by Crippen LogP contribution is 2.65. The summed E-state index contributed by atoms with van der Waals surface area (Å²) in [5, 5.41) is 6.53. The number of hydrogen-bond donors (Lipinski definition) is 2. The van der Waals surface area contributed by atoms with Crippen LogP contribution in [0.5, 0.6) is 0 Å². The van der Waals surface area contributed by atoms with Crippen LogP contribution in [0.3, 0.4) is 0 Å². The predicted octanol–water partition coefficient (Wildman–Crippen LogP) is 7.41. The lowest BCUT2D eigenvalue weighted by molar-refractivity contribution is -0.117. The van der Waals surface area contributed by atoms with Gasteiger partial charge in [-0.25, -0.2) is 0 Å². The van der Waals surface area contributed by atoms with Crippen molar-refractivity contribution in [2.75, 3.05) is 22.6 Å². The van der Waals surface area contributed by atoms with Crippen LogP contribution in [0.2, 0.25) is 15.1 Å². The number of rotatable bonds is 6. The van der Waals surface area contributed by atoms with Gasteiger partial charge in [-0.2, -0.15) is 0 Å². The number of carbonyl (C=O) groups excluding carboxylic acids is 3. The molecule has 0 saturated heterocycles. The molecule has 0 aliphatic heterocycles. The molecule has 2 N–H and O–H groups in total. The maximum Gasteiger partial charge on any atom is 0.257 e. The van der Waals surface area contributed by atoms with Crippen molar-refractivity contribution in [3.8, 4) is 0 Å². The average Bonchev–Trinajstić information content (AvgIpc) is 3.41. The van der Waals surface area contributed by atoms with E-state index >= 15 is 0 Å². The summed E-state index contributed by atoms with van der Waals surface area (Å²) in [7, 11) is 1.65. The summed E-state index contributed by atoms with van der Waals surface area (Å²) < 4.78 is -1.34. The number of carbonyl (C=O) groups is 3. The molecule has 2 atom stereocenters. The van der Waals surface area contributed by atoms with Gasteiger partial charge in [0, 0.05) is 47.0 Å². The van der Waals surface area contributed by atoms with Crippen molar-refractivity contribution >= 4 is 92.8 Å². The van der Waals surface area contributed by atoms with Crippen molar-refractivity contribution in [1.29, 1.82) is 0 Å². The van der Waals surface area contributed by atoms with Crippen LogP contribution in [0.1, 0.15) is 28.8 Å². The second kappa shape index (κ2) is 10.7. The van der Waals surface area contributed by atoms with E-state index in [1.807, 2.05) is 0 Å². The molecule has 3 amide bonds. The zero-order chi connectivity index (χ0) is 27.1. The molecule has 0 aromatic heterocycles. The Balaban J connectivity index is 1.47. The zero-order valence-corrected chi connectivity index (χ0v) is 23.3. The van der Waals surface area contributed by atoms with Gasteiger partial charge < -0.3 is 15.5 Å². The van der Waals surface area contributed by atoms with Crippen LogP contribution in [0, 0.1) is 5.92 Å². The Hall–Kier alpha value is -2.48. The maximum atomic E-state index is 13.0. The molecular weight excluding hydrogens is 580 g/mol. The fraction of sp³-hybridized carbons (Fsp3) is 0.192. The van der Waals surface area contributed by atoms with E-state index in [0.29, 0.717) is 32.7 Å². The summed E-state index contributed by atoms with van der Waals surface area (Å²) in [5.74, 6) is -2.28. The van der Waals surface area contributed by atoms with Crippen molar-refractivity contribution in [3.05, 3.63) is 86.9 Å². The number of anilines is 3. The summed E-state index contributed by atoms with van der Waals surface area (Å²) in [4.78, 5) is 38.9. The summed E-state index contributed by atoms with van der Waals surface area (Å²) in [6.45, 7) is 1.46. The van der Waals surface area contributed by atoms with Gasteiger partial charge in [0.1, 0.15) is 4.33 Å². The smallest absolute Gasteiger partial charge is 0.257 e. The zero-order valence-electron chi connectivity index (χ0n) is 19.5. The van der Waals surface area contributed by atoms with Gasteiger partial charge in [0.25, 0.3) is 5.91 Å². The molecule has 4 rings (SSSR count). The largest absolute Gasteiger partial charge is 0.326 e. The minimum atomic E-state index is -1.34. The van der Waals surface area contributed by atoms with E-state index in [-0.39, 0.29) is 16.5 Å². The van der Waals surface area contributed by atoms with E-state index in [9.17, 15) is 14.4 Å². The molecule has 0 radical (unpaired) electrons. The topological polar surface area (TPSA) is 78.5 Å². The summed E-state index contributed by atoms with van der Waals surface area (Å²) in [5.41, 5.74) is 2.34. The number of hydrogen-bond acceptors (Lipinski definition) is 3. The molecule has 1 aliphatic carbocycles. The average molecular weight is 600 g/mol. The van der Waals surface area contributed by atoms with Crippen LogP contribution < -0.4 is 15.5 Å². The van der Waals surface area contributed by atoms with Gasteiger partial charge in [0.05, 0.1) is 16.5 Å². The number of benzene rings is 3. The lowest BCUT2D eigenvalue weighted by Gasteiger charge is -2.15. The monoisotopic (exact) mass is 597 g/mol. The van der Waals surface area contributed by atoms with Crippen molar-refractivity contribution in [1.82, 2.24) is 0 Å². The molecule has 0 bridgehead atoms. The van der Waals surface area contributed by atoms with Gasteiger partial charge in [-0.1, -0.05) is 34.8 Å². The Bertz CT molecular complexity index is 1370. The first kappa shape index (κ1) is 27.6. The third-order valence-electron chi connectivity index (χ3n) is 6.04. The van der Waals surface area contributed by atoms with Gasteiger partial charge in [-0.05, 0) is 66.2 Å². The Labute approximate surface area is 238 Å². The predicted molar refractivity (Wildman–Crippen MR) is 151 cm³/mol. The van der Waals surface area contributed by atoms with Crippen molar-refractivity contribution in [2.45, 2.75) is 17.2 Å². The number of alkyl halides is 2. The van der Waals surface area contributed by atoms with E-state index in [1.54, 1.807) is 55.6 Å². The van der Waals surface area contributed by atoms with Crippen LogP contribution in [-0.2, 0) is 9.59 Å². The molecule has 0 unspecified atom stereocenters. The minimum Gasteiger partial charge on any atom is -0.326 e. The van der Waals surface area contributed by atoms with Gasteiger partial charge in [0.15, 0.2) is 0 Å². The Kier molecular flexibility index (Phi) is 7.98. The lowest BCUT2D eigenvalue weighted by Crippen LogP contribution is -2.22. The van der Waals surface area contributed by atoms with Crippen molar-refractivity contribution in [2.24, 2.45) is 5.92 Å². The molecule has 0 heterocycles. The fourth-order valence-corrected chi connectivity index (χ4v) is 5.54. The van der Waals surface area contributed by atoms with E-state index in [1.165, 1.54) is 24.0 Å². The highest BCUT2D eigenvalue weighted by molar-refractivity contribution is 6.53. The van der Waals surface area contributed by atoms with Crippen LogP contribution in [-0.4, -0.2) is 29.1 Å². The molecule has 6 nitrogen and oxygen atoms in total. The van der Waals surface area contributed by atoms with E-state index < -0.39 is 28.0 Å². The number of amides is 3. The quantitative estimate of drug-likeness (QED) is 0.290. The number of nitrogens with one attached hydrogen (secondary N) is 2. The first-order valence-electron chi connectivity index (χ1n) is 11.0. The van der Waals surface area contributed by atoms with Gasteiger partial charge in [-0.3, -0.25) is 14.4 Å². The molecule has 3 aromatic carbocycles. The Morgan fingerprint density at radius 1 is 0.838 bits per heavy atom. The molecule has 1 fully saturated rings.